The second-order valence-electron chi connectivity index (χ2n) is 12.7. The standard InChI is InChI=1S/C34H36N6O4S/c1-22-8-6-9-23(2)31(22)29-18-30-37-33(36-29)38-45(42,43)28-11-7-10-25(17-28)32(41)39(27(21-44-30)19-34(3,4)5)20-24-13-15-40-26(16-24)12-14-35-40/h6-18,27H,19-21H2,1-5H3,(H,36,37,38)/t27-/m1/s1. The molecular weight excluding hydrogens is 588 g/mol. The van der Waals surface area contributed by atoms with Crippen molar-refractivity contribution in [3.05, 3.63) is 101 Å². The van der Waals surface area contributed by atoms with E-state index in [1.54, 1.807) is 33.8 Å². The monoisotopic (exact) mass is 624 g/mol. The van der Waals surface area contributed by atoms with E-state index in [1.165, 1.54) is 12.1 Å². The zero-order chi connectivity index (χ0) is 31.9. The van der Waals surface area contributed by atoms with Crippen molar-refractivity contribution in [2.24, 2.45) is 5.41 Å². The van der Waals surface area contributed by atoms with Gasteiger partial charge in [0, 0.05) is 36.1 Å². The first-order valence-corrected chi connectivity index (χ1v) is 16.3. The maximum absolute atomic E-state index is 14.3. The van der Waals surface area contributed by atoms with Gasteiger partial charge in [-0.2, -0.15) is 10.1 Å². The van der Waals surface area contributed by atoms with Crippen LogP contribution in [-0.4, -0.2) is 51.5 Å². The number of rotatable bonds is 4. The van der Waals surface area contributed by atoms with E-state index >= 15 is 0 Å². The van der Waals surface area contributed by atoms with Gasteiger partial charge in [0.25, 0.3) is 15.9 Å². The van der Waals surface area contributed by atoms with Gasteiger partial charge in [0.1, 0.15) is 6.61 Å². The summed E-state index contributed by atoms with van der Waals surface area (Å²) in [5.41, 5.74) is 5.27. The highest BCUT2D eigenvalue weighted by Gasteiger charge is 2.31. The Morgan fingerprint density at radius 3 is 2.49 bits per heavy atom. The summed E-state index contributed by atoms with van der Waals surface area (Å²) in [5.74, 6) is -0.204. The third-order valence-corrected chi connectivity index (χ3v) is 9.17. The average molecular weight is 625 g/mol. The number of hydrogen-bond donors (Lipinski definition) is 1. The van der Waals surface area contributed by atoms with Crippen LogP contribution in [0.3, 0.4) is 0 Å². The molecule has 6 rings (SSSR count). The van der Waals surface area contributed by atoms with E-state index < -0.39 is 10.0 Å². The molecule has 5 aromatic rings. The molecule has 10 nitrogen and oxygen atoms in total. The van der Waals surface area contributed by atoms with E-state index in [1.807, 2.05) is 56.4 Å². The molecule has 0 fully saturated rings. The third-order valence-electron chi connectivity index (χ3n) is 7.85. The number of nitrogens with zero attached hydrogens (tertiary/aromatic N) is 5. The molecule has 11 heteroatoms. The van der Waals surface area contributed by atoms with Gasteiger partial charge in [-0.15, -0.1) is 0 Å². The lowest BCUT2D eigenvalue weighted by Gasteiger charge is -2.36. The molecule has 4 heterocycles. The van der Waals surface area contributed by atoms with Crippen LogP contribution in [0.15, 0.2) is 84.0 Å². The Morgan fingerprint density at radius 1 is 0.978 bits per heavy atom. The van der Waals surface area contributed by atoms with Gasteiger partial charge < -0.3 is 9.64 Å². The smallest absolute Gasteiger partial charge is 0.264 e. The number of pyridine rings is 1. The van der Waals surface area contributed by atoms with Crippen LogP contribution < -0.4 is 9.46 Å². The summed E-state index contributed by atoms with van der Waals surface area (Å²) in [6, 6.07) is 19.2. The quantitative estimate of drug-likeness (QED) is 0.259. The Labute approximate surface area is 263 Å². The van der Waals surface area contributed by atoms with Crippen LogP contribution in [0.2, 0.25) is 0 Å². The molecule has 45 heavy (non-hydrogen) atoms. The fourth-order valence-electron chi connectivity index (χ4n) is 5.81. The molecule has 4 bridgehead atoms. The van der Waals surface area contributed by atoms with Gasteiger partial charge in [-0.1, -0.05) is 45.0 Å². The van der Waals surface area contributed by atoms with Crippen LogP contribution in [0, 0.1) is 19.3 Å². The zero-order valence-electron chi connectivity index (χ0n) is 26.0. The molecule has 0 saturated heterocycles. The number of nitrogens with one attached hydrogen (secondary N) is 1. The van der Waals surface area contributed by atoms with Gasteiger partial charge in [-0.25, -0.2) is 22.6 Å². The topological polar surface area (TPSA) is 119 Å². The Bertz CT molecular complexity index is 1990. The predicted octanol–water partition coefficient (Wildman–Crippen LogP) is 6.05. The van der Waals surface area contributed by atoms with Gasteiger partial charge in [-0.3, -0.25) is 4.79 Å². The van der Waals surface area contributed by atoms with Gasteiger partial charge in [0.15, 0.2) is 0 Å². The minimum atomic E-state index is -4.15. The van der Waals surface area contributed by atoms with Crippen LogP contribution in [0.4, 0.5) is 5.95 Å². The summed E-state index contributed by atoms with van der Waals surface area (Å²) in [7, 11) is -4.15. The fraction of sp³-hybridized carbons (Fsp3) is 0.294. The molecule has 1 N–H and O–H groups in total. The highest BCUT2D eigenvalue weighted by molar-refractivity contribution is 7.92. The zero-order valence-corrected chi connectivity index (χ0v) is 26.8. The summed E-state index contributed by atoms with van der Waals surface area (Å²) in [5, 5.41) is 4.29. The van der Waals surface area contributed by atoms with Crippen molar-refractivity contribution >= 4 is 27.4 Å². The molecule has 0 spiro atoms. The number of benzene rings is 2. The third kappa shape index (κ3) is 6.53. The molecule has 1 atom stereocenters. The minimum absolute atomic E-state index is 0.0656. The molecule has 0 unspecified atom stereocenters. The summed E-state index contributed by atoms with van der Waals surface area (Å²) >= 11 is 0. The number of anilines is 1. The van der Waals surface area contributed by atoms with Crippen molar-refractivity contribution in [2.45, 2.75) is 58.5 Å². The average Bonchev–Trinajstić information content (AvgIpc) is 3.45. The molecular formula is C34H36N6O4S. The molecule has 2 aromatic carbocycles. The summed E-state index contributed by atoms with van der Waals surface area (Å²) in [6.07, 6.45) is 4.20. The summed E-state index contributed by atoms with van der Waals surface area (Å²) in [4.78, 5) is 25.1. The SMILES string of the molecule is Cc1cccc(C)c1-c1cc2nc(n1)NS(=O)(=O)c1cccc(c1)C(=O)N(Cc1ccn3nccc3c1)[C@H](CC(C)(C)C)CO2. The molecule has 1 aliphatic heterocycles. The Hall–Kier alpha value is -4.77. The Kier molecular flexibility index (Phi) is 7.82. The minimum Gasteiger partial charge on any atom is -0.475 e. The largest absolute Gasteiger partial charge is 0.475 e. The van der Waals surface area contributed by atoms with Gasteiger partial charge >= 0.3 is 0 Å². The molecule has 1 amide bonds. The van der Waals surface area contributed by atoms with Crippen LogP contribution in [0.5, 0.6) is 5.88 Å². The van der Waals surface area contributed by atoms with E-state index in [-0.39, 0.29) is 52.8 Å². The number of amides is 1. The maximum Gasteiger partial charge on any atom is 0.264 e. The maximum atomic E-state index is 14.3. The first-order valence-electron chi connectivity index (χ1n) is 14.8. The van der Waals surface area contributed by atoms with Crippen LogP contribution in [0.1, 0.15) is 54.2 Å². The van der Waals surface area contributed by atoms with E-state index in [0.29, 0.717) is 12.1 Å². The molecule has 0 aliphatic carbocycles. The first kappa shape index (κ1) is 30.3. The molecule has 3 aromatic heterocycles. The number of ether oxygens (including phenoxy) is 1. The second-order valence-corrected chi connectivity index (χ2v) is 14.4. The van der Waals surface area contributed by atoms with Crippen LogP contribution in [0.25, 0.3) is 16.8 Å². The van der Waals surface area contributed by atoms with Crippen molar-refractivity contribution in [1.29, 1.82) is 0 Å². The number of hydrogen-bond acceptors (Lipinski definition) is 7. The lowest BCUT2D eigenvalue weighted by atomic mass is 9.87. The lowest BCUT2D eigenvalue weighted by Crippen LogP contribution is -2.45. The van der Waals surface area contributed by atoms with Crippen molar-refractivity contribution < 1.29 is 17.9 Å². The highest BCUT2D eigenvalue weighted by atomic mass is 32.2. The van der Waals surface area contributed by atoms with E-state index in [2.05, 4.69) is 40.6 Å². The Balaban J connectivity index is 1.50. The number of fused-ring (bicyclic) bond motifs is 5. The van der Waals surface area contributed by atoms with Gasteiger partial charge in [0.2, 0.25) is 11.8 Å². The number of sulfonamides is 1. The van der Waals surface area contributed by atoms with Crippen molar-refractivity contribution in [2.75, 3.05) is 11.3 Å². The molecule has 1 aliphatic rings. The summed E-state index contributed by atoms with van der Waals surface area (Å²) in [6.45, 7) is 10.7. The highest BCUT2D eigenvalue weighted by Crippen LogP contribution is 2.32. The van der Waals surface area contributed by atoms with Gasteiger partial charge in [-0.05, 0) is 78.8 Å². The number of carbonyl (C=O) groups excluding carboxylic acids is 1. The van der Waals surface area contributed by atoms with Crippen LogP contribution >= 0.6 is 0 Å². The van der Waals surface area contributed by atoms with E-state index in [0.717, 1.165) is 27.8 Å². The van der Waals surface area contributed by atoms with Crippen molar-refractivity contribution in [1.82, 2.24) is 24.5 Å². The second kappa shape index (κ2) is 11.6. The number of aryl methyl sites for hydroxylation is 2. The van der Waals surface area contributed by atoms with Crippen molar-refractivity contribution in [3.63, 3.8) is 0 Å². The first-order chi connectivity index (χ1) is 21.4. The van der Waals surface area contributed by atoms with Crippen molar-refractivity contribution in [3.8, 4) is 17.1 Å². The molecule has 0 saturated carbocycles. The van der Waals surface area contributed by atoms with Gasteiger partial charge in [0.05, 0.1) is 22.1 Å². The molecule has 0 radical (unpaired) electrons. The Morgan fingerprint density at radius 2 is 1.73 bits per heavy atom. The van der Waals surface area contributed by atoms with E-state index in [4.69, 9.17) is 4.74 Å². The number of carbonyl (C=O) groups is 1. The van der Waals surface area contributed by atoms with Crippen LogP contribution in [-0.2, 0) is 16.6 Å². The van der Waals surface area contributed by atoms with E-state index in [9.17, 15) is 13.2 Å². The lowest BCUT2D eigenvalue weighted by molar-refractivity contribution is 0.0513. The fourth-order valence-corrected chi connectivity index (χ4v) is 6.80. The predicted molar refractivity (Wildman–Crippen MR) is 173 cm³/mol. The normalized spacial score (nSPS) is 16.7. The molecule has 232 valence electrons. The number of aromatic nitrogens is 4. The summed E-state index contributed by atoms with van der Waals surface area (Å²) < 4.78 is 37.9.